The van der Waals surface area contributed by atoms with Crippen LogP contribution in [-0.4, -0.2) is 33.2 Å². The van der Waals surface area contributed by atoms with Crippen LogP contribution in [0.25, 0.3) is 10.8 Å². The first-order valence-electron chi connectivity index (χ1n) is 7.27. The molecule has 0 amide bonds. The van der Waals surface area contributed by atoms with Crippen LogP contribution in [0.4, 0.5) is 0 Å². The highest BCUT2D eigenvalue weighted by molar-refractivity contribution is 6.21. The van der Waals surface area contributed by atoms with Crippen LogP contribution in [0.1, 0.15) is 28.4 Å². The third-order valence-electron chi connectivity index (χ3n) is 4.45. The molecule has 0 aromatic heterocycles. The predicted molar refractivity (Wildman–Crippen MR) is 83.1 cm³/mol. The molecule has 1 aliphatic rings. The molecule has 2 aromatic rings. The molecule has 3 heteroatoms. The zero-order valence-corrected chi connectivity index (χ0v) is 12.7. The highest BCUT2D eigenvalue weighted by atomic mass is 16.5. The Morgan fingerprint density at radius 1 is 1.05 bits per heavy atom. The van der Waals surface area contributed by atoms with Crippen molar-refractivity contribution in [2.45, 2.75) is 18.8 Å². The summed E-state index contributed by atoms with van der Waals surface area (Å²) in [6.45, 7) is 2.81. The molecule has 21 heavy (non-hydrogen) atoms. The summed E-state index contributed by atoms with van der Waals surface area (Å²) >= 11 is 0. The number of ether oxygens (including phenoxy) is 2. The number of methoxy groups -OCH3 is 2. The third kappa shape index (κ3) is 1.84. The van der Waals surface area contributed by atoms with Gasteiger partial charge in [-0.15, -0.1) is 0 Å². The molecule has 0 heterocycles. The van der Waals surface area contributed by atoms with Crippen molar-refractivity contribution in [1.29, 1.82) is 0 Å². The molecule has 0 saturated heterocycles. The van der Waals surface area contributed by atoms with Crippen LogP contribution in [0, 0.1) is 0 Å². The lowest BCUT2D eigenvalue weighted by molar-refractivity contribution is 0.0480. The first-order chi connectivity index (χ1) is 10.2. The summed E-state index contributed by atoms with van der Waals surface area (Å²) in [5.41, 5.74) is 2.39. The van der Waals surface area contributed by atoms with E-state index < -0.39 is 5.41 Å². The number of carbonyl (C=O) groups is 1. The van der Waals surface area contributed by atoms with Crippen molar-refractivity contribution in [3.05, 3.63) is 47.0 Å². The quantitative estimate of drug-likeness (QED) is 0.846. The van der Waals surface area contributed by atoms with Crippen molar-refractivity contribution in [1.82, 2.24) is 0 Å². The maximum Gasteiger partial charge on any atom is 0.178 e. The van der Waals surface area contributed by atoms with Gasteiger partial charge < -0.3 is 9.47 Å². The average molecular weight is 284 g/mol. The van der Waals surface area contributed by atoms with E-state index in [-0.39, 0.29) is 5.78 Å². The Morgan fingerprint density at radius 2 is 1.76 bits per heavy atom. The van der Waals surface area contributed by atoms with E-state index in [2.05, 4.69) is 25.1 Å². The lowest BCUT2D eigenvalue weighted by atomic mass is 9.78. The van der Waals surface area contributed by atoms with Crippen LogP contribution in [0.5, 0.6) is 0 Å². The van der Waals surface area contributed by atoms with Gasteiger partial charge in [0.25, 0.3) is 0 Å². The number of Topliss-reactive ketones (excluding diaryl/α,β-unsaturated/α-hetero) is 1. The standard InChI is InChI=1S/C18H20O3/c1-4-12-8-9-13-6-5-7-14-15(13)16(12)18(10-20-2,11-21-3)17(14)19/h5-9H,4,10-11H2,1-3H3. The SMILES string of the molecule is CCc1ccc2cccc3c2c1C(COC)(COC)C3=O. The number of aryl methyl sites for hydroxylation is 1. The van der Waals surface area contributed by atoms with E-state index in [4.69, 9.17) is 9.47 Å². The second-order valence-corrected chi connectivity index (χ2v) is 5.63. The van der Waals surface area contributed by atoms with E-state index in [1.807, 2.05) is 12.1 Å². The number of ketones is 1. The molecule has 2 aromatic carbocycles. The van der Waals surface area contributed by atoms with E-state index in [1.54, 1.807) is 14.2 Å². The molecule has 0 spiro atoms. The lowest BCUT2D eigenvalue weighted by Crippen LogP contribution is -2.42. The molecule has 0 N–H and O–H groups in total. The fraction of sp³-hybridized carbons (Fsp3) is 0.389. The van der Waals surface area contributed by atoms with E-state index in [0.29, 0.717) is 13.2 Å². The summed E-state index contributed by atoms with van der Waals surface area (Å²) in [4.78, 5) is 13.1. The van der Waals surface area contributed by atoms with E-state index in [9.17, 15) is 4.79 Å². The molecule has 110 valence electrons. The molecule has 3 rings (SSSR count). The average Bonchev–Trinajstić information content (AvgIpc) is 2.74. The molecule has 0 aliphatic heterocycles. The van der Waals surface area contributed by atoms with Crippen molar-refractivity contribution in [2.75, 3.05) is 27.4 Å². The van der Waals surface area contributed by atoms with Gasteiger partial charge in [-0.2, -0.15) is 0 Å². The fourth-order valence-corrected chi connectivity index (χ4v) is 3.63. The van der Waals surface area contributed by atoms with Gasteiger partial charge in [0.2, 0.25) is 0 Å². The molecule has 0 radical (unpaired) electrons. The molecule has 0 atom stereocenters. The number of hydrogen-bond acceptors (Lipinski definition) is 3. The Morgan fingerprint density at radius 3 is 2.38 bits per heavy atom. The Balaban J connectivity index is 2.39. The largest absolute Gasteiger partial charge is 0.383 e. The minimum atomic E-state index is -0.710. The van der Waals surface area contributed by atoms with Crippen LogP contribution >= 0.6 is 0 Å². The normalized spacial score (nSPS) is 15.9. The minimum absolute atomic E-state index is 0.118. The maximum absolute atomic E-state index is 13.1. The van der Waals surface area contributed by atoms with Gasteiger partial charge in [-0.05, 0) is 28.3 Å². The molecular formula is C18H20O3. The van der Waals surface area contributed by atoms with Gasteiger partial charge in [0.15, 0.2) is 5.78 Å². The van der Waals surface area contributed by atoms with Gasteiger partial charge in [0, 0.05) is 19.8 Å². The zero-order chi connectivity index (χ0) is 15.0. The van der Waals surface area contributed by atoms with Gasteiger partial charge in [0.1, 0.15) is 5.41 Å². The first-order valence-corrected chi connectivity index (χ1v) is 7.27. The van der Waals surface area contributed by atoms with Gasteiger partial charge in [-0.3, -0.25) is 4.79 Å². The van der Waals surface area contributed by atoms with Crippen LogP contribution in [0.2, 0.25) is 0 Å². The molecule has 3 nitrogen and oxygen atoms in total. The van der Waals surface area contributed by atoms with Crippen LogP contribution in [-0.2, 0) is 21.3 Å². The predicted octanol–water partition coefficient (Wildman–Crippen LogP) is 3.13. The second-order valence-electron chi connectivity index (χ2n) is 5.63. The maximum atomic E-state index is 13.1. The molecule has 0 unspecified atom stereocenters. The number of benzene rings is 2. The first kappa shape index (κ1) is 14.2. The van der Waals surface area contributed by atoms with Crippen molar-refractivity contribution < 1.29 is 14.3 Å². The Bertz CT molecular complexity index is 697. The number of carbonyl (C=O) groups excluding carboxylic acids is 1. The van der Waals surface area contributed by atoms with E-state index in [0.717, 1.165) is 28.3 Å². The van der Waals surface area contributed by atoms with Crippen LogP contribution < -0.4 is 0 Å². The van der Waals surface area contributed by atoms with Gasteiger partial charge >= 0.3 is 0 Å². The second kappa shape index (κ2) is 5.24. The van der Waals surface area contributed by atoms with Crippen LogP contribution in [0.3, 0.4) is 0 Å². The highest BCUT2D eigenvalue weighted by Crippen LogP contribution is 2.45. The Labute approximate surface area is 124 Å². The lowest BCUT2D eigenvalue weighted by Gasteiger charge is -2.29. The zero-order valence-electron chi connectivity index (χ0n) is 12.7. The minimum Gasteiger partial charge on any atom is -0.383 e. The summed E-state index contributed by atoms with van der Waals surface area (Å²) in [7, 11) is 3.28. The van der Waals surface area contributed by atoms with Crippen molar-refractivity contribution in [3.63, 3.8) is 0 Å². The number of hydrogen-bond donors (Lipinski definition) is 0. The summed E-state index contributed by atoms with van der Waals surface area (Å²) in [6.07, 6.45) is 0.891. The van der Waals surface area contributed by atoms with E-state index in [1.165, 1.54) is 5.56 Å². The van der Waals surface area contributed by atoms with Crippen LogP contribution in [0.15, 0.2) is 30.3 Å². The molecular weight excluding hydrogens is 264 g/mol. The summed E-state index contributed by atoms with van der Waals surface area (Å²) in [6, 6.07) is 10.1. The molecule has 0 bridgehead atoms. The summed E-state index contributed by atoms with van der Waals surface area (Å²) < 4.78 is 10.8. The van der Waals surface area contributed by atoms with Gasteiger partial charge in [-0.25, -0.2) is 0 Å². The topological polar surface area (TPSA) is 35.5 Å². The Kier molecular flexibility index (Phi) is 3.56. The third-order valence-corrected chi connectivity index (χ3v) is 4.45. The molecule has 1 aliphatic carbocycles. The van der Waals surface area contributed by atoms with Crippen molar-refractivity contribution in [2.24, 2.45) is 0 Å². The van der Waals surface area contributed by atoms with Gasteiger partial charge in [-0.1, -0.05) is 37.3 Å². The van der Waals surface area contributed by atoms with Gasteiger partial charge in [0.05, 0.1) is 13.2 Å². The molecule has 0 fully saturated rings. The fourth-order valence-electron chi connectivity index (χ4n) is 3.63. The smallest absolute Gasteiger partial charge is 0.178 e. The van der Waals surface area contributed by atoms with Crippen molar-refractivity contribution in [3.8, 4) is 0 Å². The summed E-state index contributed by atoms with van der Waals surface area (Å²) in [5, 5.41) is 2.19. The van der Waals surface area contributed by atoms with E-state index >= 15 is 0 Å². The monoisotopic (exact) mass is 284 g/mol. The number of rotatable bonds is 5. The highest BCUT2D eigenvalue weighted by Gasteiger charge is 2.48. The Hall–Kier alpha value is -1.71. The van der Waals surface area contributed by atoms with Crippen molar-refractivity contribution >= 4 is 16.6 Å². The summed E-state index contributed by atoms with van der Waals surface area (Å²) in [5.74, 6) is 0.118. The molecule has 0 saturated carbocycles.